The van der Waals surface area contributed by atoms with Crippen LogP contribution in [-0.4, -0.2) is 83.8 Å². The molecular formula is C35H44F3N6O7P. The molecular weight excluding hydrogens is 704 g/mol. The van der Waals surface area contributed by atoms with Crippen molar-refractivity contribution in [3.63, 3.8) is 0 Å². The number of nitrogens with one attached hydrogen (secondary N) is 2. The predicted molar refractivity (Wildman–Crippen MR) is 189 cm³/mol. The Morgan fingerprint density at radius 3 is 2.33 bits per heavy atom. The summed E-state index contributed by atoms with van der Waals surface area (Å²) in [7, 11) is 3.12. The molecule has 2 aliphatic rings. The van der Waals surface area contributed by atoms with Crippen LogP contribution in [0.1, 0.15) is 78.1 Å². The third-order valence-electron chi connectivity index (χ3n) is 9.70. The molecule has 0 bridgehead atoms. The molecule has 0 spiro atoms. The first-order valence-electron chi connectivity index (χ1n) is 16.9. The fourth-order valence-corrected chi connectivity index (χ4v) is 8.69. The molecule has 5 rings (SSSR count). The van der Waals surface area contributed by atoms with Gasteiger partial charge < -0.3 is 34.4 Å². The summed E-state index contributed by atoms with van der Waals surface area (Å²) in [6.45, 7) is 4.07. The first kappa shape index (κ1) is 39.0. The highest BCUT2D eigenvalue weighted by Crippen LogP contribution is 2.52. The number of likely N-dealkylation sites (N-methyl/N-ethyl adjacent to an activating group) is 1. The average Bonchev–Trinajstić information content (AvgIpc) is 3.38. The number of hydrogen-bond acceptors (Lipinski definition) is 11. The summed E-state index contributed by atoms with van der Waals surface area (Å²) < 4.78 is 72.2. The van der Waals surface area contributed by atoms with Crippen LogP contribution >= 0.6 is 7.60 Å². The second kappa shape index (κ2) is 15.4. The number of hydrogen-bond donors (Lipinski definition) is 3. The molecule has 282 valence electrons. The van der Waals surface area contributed by atoms with Crippen molar-refractivity contribution in [2.75, 3.05) is 52.1 Å². The van der Waals surface area contributed by atoms with Crippen LogP contribution in [0.4, 0.5) is 36.3 Å². The van der Waals surface area contributed by atoms with Gasteiger partial charge in [0.05, 0.1) is 43.4 Å². The van der Waals surface area contributed by atoms with E-state index in [0.717, 1.165) is 5.56 Å². The van der Waals surface area contributed by atoms with Crippen molar-refractivity contribution in [2.45, 2.75) is 69.9 Å². The second-order valence-corrected chi connectivity index (χ2v) is 15.1. The fraction of sp³-hybridized carbons (Fsp3) is 0.486. The molecule has 1 saturated carbocycles. The van der Waals surface area contributed by atoms with Crippen molar-refractivity contribution in [1.82, 2.24) is 19.8 Å². The predicted octanol–water partition coefficient (Wildman–Crippen LogP) is 7.39. The standard InChI is InChI=1S/C35H44F3N6O7P/c1-7-50-52(48,51-8-2)20-21-9-11-26(28(17-21)49-6)41-33-39-18-25(35(36,37)38)30(42-33)40-27-12-10-23(24-19-44(5)31(45)29(24)27)22-13-15-34(16-14-22,32(46)47)43(3)4/h9-12,17-18,22H,7-8,13-16,19-20H2,1-6H3,(H,46,47)(H2,39,40,41,42). The Bertz CT molecular complexity index is 1860. The SMILES string of the molecule is CCOP(=O)(Cc1ccc(Nc2ncc(C(F)(F)F)c(Nc3ccc(C4CCC(C(=O)O)(N(C)C)CC4)c4c3C(=O)N(C)C4)n2)c(OC)c1)OCC. The minimum absolute atomic E-state index is 0.0207. The number of aliphatic carboxylic acids is 1. The highest BCUT2D eigenvalue weighted by Gasteiger charge is 2.45. The van der Waals surface area contributed by atoms with Gasteiger partial charge in [-0.05, 0) is 94.4 Å². The molecule has 0 unspecified atom stereocenters. The summed E-state index contributed by atoms with van der Waals surface area (Å²) >= 11 is 0. The Balaban J connectivity index is 1.45. The van der Waals surface area contributed by atoms with Gasteiger partial charge in [-0.1, -0.05) is 12.1 Å². The molecule has 3 N–H and O–H groups in total. The first-order chi connectivity index (χ1) is 24.6. The van der Waals surface area contributed by atoms with Crippen LogP contribution in [0.15, 0.2) is 36.5 Å². The quantitative estimate of drug-likeness (QED) is 0.141. The highest BCUT2D eigenvalue weighted by molar-refractivity contribution is 7.53. The summed E-state index contributed by atoms with van der Waals surface area (Å²) in [6, 6.07) is 8.24. The number of carbonyl (C=O) groups is 2. The Morgan fingerprint density at radius 1 is 1.10 bits per heavy atom. The van der Waals surface area contributed by atoms with Crippen LogP contribution < -0.4 is 15.4 Å². The minimum Gasteiger partial charge on any atom is -0.495 e. The van der Waals surface area contributed by atoms with Gasteiger partial charge in [0.15, 0.2) is 0 Å². The van der Waals surface area contributed by atoms with Gasteiger partial charge in [-0.15, -0.1) is 0 Å². The van der Waals surface area contributed by atoms with Gasteiger partial charge in [-0.25, -0.2) is 4.98 Å². The third kappa shape index (κ3) is 7.89. The normalized spacial score (nSPS) is 19.2. The Hall–Kier alpha value is -4.24. The van der Waals surface area contributed by atoms with Gasteiger partial charge in [0.2, 0.25) is 5.95 Å². The lowest BCUT2D eigenvalue weighted by Gasteiger charge is -2.42. The van der Waals surface area contributed by atoms with E-state index in [2.05, 4.69) is 20.6 Å². The molecule has 3 aromatic rings. The lowest BCUT2D eigenvalue weighted by Crippen LogP contribution is -2.53. The number of nitrogens with zero attached hydrogens (tertiary/aromatic N) is 4. The minimum atomic E-state index is -4.83. The van der Waals surface area contributed by atoms with Crippen molar-refractivity contribution in [3.05, 3.63) is 64.3 Å². The molecule has 1 amide bonds. The van der Waals surface area contributed by atoms with E-state index in [4.69, 9.17) is 13.8 Å². The van der Waals surface area contributed by atoms with Gasteiger partial charge in [0, 0.05) is 19.8 Å². The van der Waals surface area contributed by atoms with E-state index >= 15 is 0 Å². The molecule has 17 heteroatoms. The zero-order valence-corrected chi connectivity index (χ0v) is 30.9. The van der Waals surface area contributed by atoms with E-state index in [1.54, 1.807) is 70.2 Å². The number of halogens is 3. The number of carboxylic acid groups (broad SMARTS) is 1. The number of amides is 1. The summed E-state index contributed by atoms with van der Waals surface area (Å²) in [6.07, 6.45) is -2.22. The summed E-state index contributed by atoms with van der Waals surface area (Å²) in [5, 5.41) is 15.7. The van der Waals surface area contributed by atoms with Gasteiger partial charge in [-0.3, -0.25) is 19.1 Å². The number of aromatic nitrogens is 2. The number of ether oxygens (including phenoxy) is 1. The summed E-state index contributed by atoms with van der Waals surface area (Å²) in [5.74, 6) is -1.73. The molecule has 0 saturated heterocycles. The summed E-state index contributed by atoms with van der Waals surface area (Å²) in [5.41, 5.74) is 0.771. The molecule has 2 aromatic carbocycles. The monoisotopic (exact) mass is 748 g/mol. The number of fused-ring (bicyclic) bond motifs is 1. The van der Waals surface area contributed by atoms with Crippen molar-refractivity contribution < 1.29 is 46.2 Å². The van der Waals surface area contributed by atoms with Crippen LogP contribution in [-0.2, 0) is 37.3 Å². The molecule has 52 heavy (non-hydrogen) atoms. The molecule has 1 aliphatic heterocycles. The van der Waals surface area contributed by atoms with Gasteiger partial charge >= 0.3 is 19.7 Å². The lowest BCUT2D eigenvalue weighted by atomic mass is 9.72. The molecule has 1 fully saturated rings. The molecule has 1 aromatic heterocycles. The molecule has 1 aliphatic carbocycles. The smallest absolute Gasteiger partial charge is 0.421 e. The maximum Gasteiger partial charge on any atom is 0.421 e. The van der Waals surface area contributed by atoms with Crippen LogP contribution in [0.2, 0.25) is 0 Å². The average molecular weight is 749 g/mol. The molecule has 13 nitrogen and oxygen atoms in total. The number of benzene rings is 2. The van der Waals surface area contributed by atoms with Gasteiger partial charge in [0.1, 0.15) is 22.7 Å². The largest absolute Gasteiger partial charge is 0.495 e. The topological polar surface area (TPSA) is 155 Å². The van der Waals surface area contributed by atoms with E-state index in [1.165, 1.54) is 12.0 Å². The first-order valence-corrected chi connectivity index (χ1v) is 18.6. The van der Waals surface area contributed by atoms with E-state index < -0.39 is 36.7 Å². The summed E-state index contributed by atoms with van der Waals surface area (Å²) in [4.78, 5) is 37.0. The van der Waals surface area contributed by atoms with Gasteiger partial charge in [0.25, 0.3) is 5.91 Å². The van der Waals surface area contributed by atoms with Crippen molar-refractivity contribution in [3.8, 4) is 5.75 Å². The molecule has 0 radical (unpaired) electrons. The number of rotatable bonds is 14. The third-order valence-corrected chi connectivity index (χ3v) is 11.8. The van der Waals surface area contributed by atoms with Crippen molar-refractivity contribution in [1.29, 1.82) is 0 Å². The van der Waals surface area contributed by atoms with E-state index in [9.17, 15) is 32.4 Å². The number of anilines is 4. The molecule has 2 heterocycles. The highest BCUT2D eigenvalue weighted by atomic mass is 31.2. The fourth-order valence-electron chi connectivity index (χ4n) is 7.00. The molecule has 0 atom stereocenters. The van der Waals surface area contributed by atoms with Crippen LogP contribution in [0.25, 0.3) is 0 Å². The number of carbonyl (C=O) groups excluding carboxylic acids is 1. The zero-order valence-electron chi connectivity index (χ0n) is 30.0. The van der Waals surface area contributed by atoms with E-state index in [0.29, 0.717) is 48.7 Å². The Labute approximate surface area is 300 Å². The Kier molecular flexibility index (Phi) is 11.5. The van der Waals surface area contributed by atoms with Crippen LogP contribution in [0.3, 0.4) is 0 Å². The maximum absolute atomic E-state index is 14.3. The van der Waals surface area contributed by atoms with E-state index in [1.807, 2.05) is 0 Å². The maximum atomic E-state index is 14.3. The lowest BCUT2D eigenvalue weighted by molar-refractivity contribution is -0.152. The zero-order chi connectivity index (χ0) is 38.0. The van der Waals surface area contributed by atoms with Crippen molar-refractivity contribution >= 4 is 42.6 Å². The second-order valence-electron chi connectivity index (χ2n) is 13.1. The van der Waals surface area contributed by atoms with Gasteiger partial charge in [-0.2, -0.15) is 18.2 Å². The number of alkyl halides is 3. The van der Waals surface area contributed by atoms with E-state index in [-0.39, 0.29) is 60.7 Å². The van der Waals surface area contributed by atoms with Crippen LogP contribution in [0, 0.1) is 0 Å². The number of methoxy groups -OCH3 is 1. The Morgan fingerprint density at radius 2 is 1.75 bits per heavy atom. The number of carboxylic acids is 1. The van der Waals surface area contributed by atoms with Crippen LogP contribution in [0.5, 0.6) is 5.75 Å². The van der Waals surface area contributed by atoms with Crippen molar-refractivity contribution in [2.24, 2.45) is 0 Å².